The molecule has 28 heavy (non-hydrogen) atoms. The van der Waals surface area contributed by atoms with Crippen molar-refractivity contribution in [3.63, 3.8) is 0 Å². The molecule has 0 aliphatic carbocycles. The first-order valence-electron chi connectivity index (χ1n) is 10.1. The maximum Gasteiger partial charge on any atom is 0.302 e. The standard InChI is InChI=1S/C21H31N3O4/c1-17(25)27-15-13-24-11-9-23(10-12-24)8-3-14-28-19-6-4-18-5-7-21(26)22(2)20(18)16-19/h4,6,16H,3,5,7-15H2,1-2H3. The van der Waals surface area contributed by atoms with Crippen LogP contribution in [0.4, 0.5) is 5.69 Å². The molecule has 7 heteroatoms. The number of nitrogens with zero attached hydrogens (tertiary/aromatic N) is 3. The third kappa shape index (κ3) is 5.69. The van der Waals surface area contributed by atoms with Crippen LogP contribution in [0.5, 0.6) is 5.75 Å². The number of aryl methyl sites for hydroxylation is 1. The molecule has 0 spiro atoms. The van der Waals surface area contributed by atoms with Gasteiger partial charge in [-0.25, -0.2) is 0 Å². The minimum atomic E-state index is -0.212. The number of carbonyl (C=O) groups is 2. The van der Waals surface area contributed by atoms with Gasteiger partial charge in [-0.1, -0.05) is 6.07 Å². The van der Waals surface area contributed by atoms with Gasteiger partial charge in [0, 0.05) is 65.7 Å². The summed E-state index contributed by atoms with van der Waals surface area (Å²) in [6.07, 6.45) is 2.37. The number of anilines is 1. The summed E-state index contributed by atoms with van der Waals surface area (Å²) in [6, 6.07) is 6.06. The van der Waals surface area contributed by atoms with Gasteiger partial charge in [0.2, 0.25) is 5.91 Å². The summed E-state index contributed by atoms with van der Waals surface area (Å²) < 4.78 is 10.9. The zero-order valence-electron chi connectivity index (χ0n) is 17.0. The van der Waals surface area contributed by atoms with E-state index in [-0.39, 0.29) is 11.9 Å². The summed E-state index contributed by atoms with van der Waals surface area (Å²) in [5, 5.41) is 0. The summed E-state index contributed by atoms with van der Waals surface area (Å²) in [5.74, 6) is 0.781. The van der Waals surface area contributed by atoms with Crippen LogP contribution in [0, 0.1) is 0 Å². The number of carbonyl (C=O) groups excluding carboxylic acids is 2. The fraction of sp³-hybridized carbons (Fsp3) is 0.619. The highest BCUT2D eigenvalue weighted by Crippen LogP contribution is 2.30. The van der Waals surface area contributed by atoms with Crippen molar-refractivity contribution in [3.05, 3.63) is 23.8 Å². The molecule has 7 nitrogen and oxygen atoms in total. The predicted molar refractivity (Wildman–Crippen MR) is 108 cm³/mol. The molecule has 154 valence electrons. The average Bonchev–Trinajstić information content (AvgIpc) is 2.69. The second kappa shape index (κ2) is 9.89. The molecular weight excluding hydrogens is 358 g/mol. The Morgan fingerprint density at radius 3 is 2.46 bits per heavy atom. The van der Waals surface area contributed by atoms with E-state index in [2.05, 4.69) is 15.9 Å². The van der Waals surface area contributed by atoms with Crippen molar-refractivity contribution in [2.24, 2.45) is 0 Å². The Hall–Kier alpha value is -2.12. The number of hydrogen-bond donors (Lipinski definition) is 0. The Balaban J connectivity index is 1.33. The Kier molecular flexibility index (Phi) is 7.28. The van der Waals surface area contributed by atoms with Gasteiger partial charge in [-0.3, -0.25) is 14.5 Å². The largest absolute Gasteiger partial charge is 0.493 e. The highest BCUT2D eigenvalue weighted by Gasteiger charge is 2.21. The second-order valence-corrected chi connectivity index (χ2v) is 7.47. The molecule has 2 aliphatic heterocycles. The minimum Gasteiger partial charge on any atom is -0.493 e. The number of rotatable bonds is 8. The third-order valence-corrected chi connectivity index (χ3v) is 5.47. The number of fused-ring (bicyclic) bond motifs is 1. The Bertz CT molecular complexity index is 686. The zero-order chi connectivity index (χ0) is 19.9. The van der Waals surface area contributed by atoms with Gasteiger partial charge in [0.05, 0.1) is 12.3 Å². The molecule has 0 radical (unpaired) electrons. The molecule has 1 aromatic carbocycles. The molecule has 0 unspecified atom stereocenters. The molecule has 2 heterocycles. The van der Waals surface area contributed by atoms with Crippen LogP contribution >= 0.6 is 0 Å². The monoisotopic (exact) mass is 389 g/mol. The van der Waals surface area contributed by atoms with Crippen LogP contribution in [0.15, 0.2) is 18.2 Å². The molecule has 1 amide bonds. The lowest BCUT2D eigenvalue weighted by molar-refractivity contribution is -0.141. The van der Waals surface area contributed by atoms with E-state index in [1.807, 2.05) is 19.2 Å². The molecular formula is C21H31N3O4. The fourth-order valence-electron chi connectivity index (χ4n) is 3.73. The van der Waals surface area contributed by atoms with Gasteiger partial charge in [-0.05, 0) is 24.5 Å². The molecule has 0 bridgehead atoms. The van der Waals surface area contributed by atoms with Crippen LogP contribution in [0.2, 0.25) is 0 Å². The summed E-state index contributed by atoms with van der Waals surface area (Å²) in [6.45, 7) is 8.50. The van der Waals surface area contributed by atoms with Gasteiger partial charge >= 0.3 is 5.97 Å². The maximum atomic E-state index is 11.9. The summed E-state index contributed by atoms with van der Waals surface area (Å²) >= 11 is 0. The van der Waals surface area contributed by atoms with Crippen LogP contribution in [0.25, 0.3) is 0 Å². The number of amides is 1. The van der Waals surface area contributed by atoms with E-state index >= 15 is 0 Å². The highest BCUT2D eigenvalue weighted by molar-refractivity contribution is 5.96. The van der Waals surface area contributed by atoms with E-state index in [1.165, 1.54) is 12.5 Å². The second-order valence-electron chi connectivity index (χ2n) is 7.47. The highest BCUT2D eigenvalue weighted by atomic mass is 16.5. The van der Waals surface area contributed by atoms with Gasteiger partial charge in [0.25, 0.3) is 0 Å². The third-order valence-electron chi connectivity index (χ3n) is 5.47. The first-order valence-corrected chi connectivity index (χ1v) is 10.1. The van der Waals surface area contributed by atoms with Crippen molar-refractivity contribution in [3.8, 4) is 5.75 Å². The van der Waals surface area contributed by atoms with E-state index < -0.39 is 0 Å². The number of benzene rings is 1. The van der Waals surface area contributed by atoms with Crippen LogP contribution in [0.1, 0.15) is 25.3 Å². The number of ether oxygens (including phenoxy) is 2. The summed E-state index contributed by atoms with van der Waals surface area (Å²) in [7, 11) is 1.83. The summed E-state index contributed by atoms with van der Waals surface area (Å²) in [4.78, 5) is 29.2. The number of hydrogen-bond acceptors (Lipinski definition) is 6. The zero-order valence-corrected chi connectivity index (χ0v) is 17.0. The molecule has 0 atom stereocenters. The van der Waals surface area contributed by atoms with Crippen molar-refractivity contribution in [2.45, 2.75) is 26.2 Å². The summed E-state index contributed by atoms with van der Waals surface area (Å²) in [5.41, 5.74) is 2.18. The molecule has 0 aromatic heterocycles. The molecule has 3 rings (SSSR count). The first-order chi connectivity index (χ1) is 13.5. The average molecular weight is 389 g/mol. The van der Waals surface area contributed by atoms with E-state index in [0.717, 1.165) is 63.5 Å². The first kappa shape index (κ1) is 20.6. The lowest BCUT2D eigenvalue weighted by Gasteiger charge is -2.34. The molecule has 1 fully saturated rings. The van der Waals surface area contributed by atoms with E-state index in [0.29, 0.717) is 19.6 Å². The lowest BCUT2D eigenvalue weighted by Crippen LogP contribution is -2.47. The Morgan fingerprint density at radius 1 is 1.04 bits per heavy atom. The quantitative estimate of drug-likeness (QED) is 0.497. The van der Waals surface area contributed by atoms with E-state index in [4.69, 9.17) is 9.47 Å². The van der Waals surface area contributed by atoms with Gasteiger partial charge in [-0.2, -0.15) is 0 Å². The van der Waals surface area contributed by atoms with Crippen LogP contribution in [0.3, 0.4) is 0 Å². The van der Waals surface area contributed by atoms with Gasteiger partial charge < -0.3 is 19.3 Å². The smallest absolute Gasteiger partial charge is 0.302 e. The molecule has 0 N–H and O–H groups in total. The minimum absolute atomic E-state index is 0.164. The SMILES string of the molecule is CC(=O)OCCN1CCN(CCCOc2ccc3c(c2)N(C)C(=O)CC3)CC1. The molecule has 1 saturated heterocycles. The van der Waals surface area contributed by atoms with Crippen LogP contribution in [-0.2, 0) is 20.7 Å². The van der Waals surface area contributed by atoms with E-state index in [1.54, 1.807) is 4.90 Å². The van der Waals surface area contributed by atoms with Gasteiger partial charge in [0.1, 0.15) is 12.4 Å². The van der Waals surface area contributed by atoms with Crippen LogP contribution in [-0.4, -0.2) is 81.2 Å². The van der Waals surface area contributed by atoms with E-state index in [9.17, 15) is 9.59 Å². The van der Waals surface area contributed by atoms with Crippen molar-refractivity contribution >= 4 is 17.6 Å². The lowest BCUT2D eigenvalue weighted by atomic mass is 10.0. The van der Waals surface area contributed by atoms with Crippen LogP contribution < -0.4 is 9.64 Å². The van der Waals surface area contributed by atoms with Crippen molar-refractivity contribution in [1.82, 2.24) is 9.80 Å². The van der Waals surface area contributed by atoms with Crippen molar-refractivity contribution < 1.29 is 19.1 Å². The molecule has 2 aliphatic rings. The molecule has 1 aromatic rings. The Labute approximate surface area is 167 Å². The Morgan fingerprint density at radius 2 is 1.75 bits per heavy atom. The maximum absolute atomic E-state index is 11.9. The van der Waals surface area contributed by atoms with Crippen molar-refractivity contribution in [1.29, 1.82) is 0 Å². The predicted octanol–water partition coefficient (Wildman–Crippen LogP) is 1.55. The number of piperazine rings is 1. The van der Waals surface area contributed by atoms with Gasteiger partial charge in [0.15, 0.2) is 0 Å². The van der Waals surface area contributed by atoms with Gasteiger partial charge in [-0.15, -0.1) is 0 Å². The van der Waals surface area contributed by atoms with Crippen molar-refractivity contribution in [2.75, 3.05) is 64.4 Å². The fourth-order valence-corrected chi connectivity index (χ4v) is 3.73. The topological polar surface area (TPSA) is 62.3 Å². The number of esters is 1. The molecule has 0 saturated carbocycles. The normalized spacial score (nSPS) is 18.1.